The van der Waals surface area contributed by atoms with Gasteiger partial charge in [-0.1, -0.05) is 23.7 Å². The van der Waals surface area contributed by atoms with Gasteiger partial charge < -0.3 is 4.52 Å². The number of ketones is 1. The maximum absolute atomic E-state index is 13.5. The topological polar surface area (TPSA) is 56.0 Å². The molecule has 5 heteroatoms. The average Bonchev–Trinajstić information content (AvgIpc) is 2.92. The molecular weight excluding hydrogens is 259 g/mol. The summed E-state index contributed by atoms with van der Waals surface area (Å²) in [7, 11) is 0. The Morgan fingerprint density at radius 2 is 2.20 bits per heavy atom. The molecule has 1 aliphatic carbocycles. The quantitative estimate of drug-likeness (QED) is 0.842. The van der Waals surface area contributed by atoms with Gasteiger partial charge in [-0.25, -0.2) is 4.39 Å². The number of nitrogens with zero attached hydrogens (tertiary/aromatic N) is 2. The number of halogens is 1. The summed E-state index contributed by atoms with van der Waals surface area (Å²) in [4.78, 5) is 16.1. The number of carbonyl (C=O) groups is 1. The van der Waals surface area contributed by atoms with Crippen molar-refractivity contribution >= 4 is 5.78 Å². The van der Waals surface area contributed by atoms with E-state index in [2.05, 4.69) is 10.1 Å². The highest BCUT2D eigenvalue weighted by molar-refractivity contribution is 5.85. The van der Waals surface area contributed by atoms with Gasteiger partial charge in [0.15, 0.2) is 0 Å². The van der Waals surface area contributed by atoms with Crippen LogP contribution in [0, 0.1) is 12.7 Å². The molecule has 1 saturated carbocycles. The molecule has 0 bridgehead atoms. The molecular formula is C15H15FN2O2. The Morgan fingerprint density at radius 3 is 2.95 bits per heavy atom. The lowest BCUT2D eigenvalue weighted by Crippen LogP contribution is -2.17. The molecule has 4 nitrogen and oxygen atoms in total. The number of carbonyl (C=O) groups excluding carboxylic acids is 1. The summed E-state index contributed by atoms with van der Waals surface area (Å²) in [6.45, 7) is 1.70. The van der Waals surface area contributed by atoms with Crippen molar-refractivity contribution in [3.8, 4) is 11.4 Å². The zero-order valence-electron chi connectivity index (χ0n) is 11.2. The third-order valence-corrected chi connectivity index (χ3v) is 3.72. The Hall–Kier alpha value is -2.04. The first-order chi connectivity index (χ1) is 9.65. The molecule has 104 valence electrons. The summed E-state index contributed by atoms with van der Waals surface area (Å²) in [5.74, 6) is 0.243. The van der Waals surface area contributed by atoms with Gasteiger partial charge in [-0.3, -0.25) is 4.79 Å². The highest BCUT2D eigenvalue weighted by Crippen LogP contribution is 2.30. The third kappa shape index (κ3) is 2.35. The number of rotatable bonds is 2. The molecule has 1 fully saturated rings. The smallest absolute Gasteiger partial charge is 0.237 e. The average molecular weight is 274 g/mol. The van der Waals surface area contributed by atoms with Gasteiger partial charge >= 0.3 is 0 Å². The molecule has 1 aromatic heterocycles. The number of hydrogen-bond acceptors (Lipinski definition) is 4. The van der Waals surface area contributed by atoms with Crippen molar-refractivity contribution in [1.82, 2.24) is 10.1 Å². The van der Waals surface area contributed by atoms with Gasteiger partial charge in [-0.05, 0) is 31.4 Å². The zero-order valence-corrected chi connectivity index (χ0v) is 11.2. The fourth-order valence-corrected chi connectivity index (χ4v) is 2.47. The number of benzene rings is 1. The third-order valence-electron chi connectivity index (χ3n) is 3.72. The van der Waals surface area contributed by atoms with Crippen molar-refractivity contribution in [3.63, 3.8) is 0 Å². The Bertz CT molecular complexity index is 651. The summed E-state index contributed by atoms with van der Waals surface area (Å²) >= 11 is 0. The van der Waals surface area contributed by atoms with Crippen molar-refractivity contribution < 1.29 is 13.7 Å². The molecule has 3 rings (SSSR count). The first kappa shape index (κ1) is 13.0. The SMILES string of the molecule is Cc1ccc(-c2noc(C3CCCCC3=O)n2)cc1F. The minimum Gasteiger partial charge on any atom is -0.338 e. The lowest BCUT2D eigenvalue weighted by atomic mass is 9.88. The summed E-state index contributed by atoms with van der Waals surface area (Å²) in [5, 5.41) is 3.86. The van der Waals surface area contributed by atoms with Crippen LogP contribution >= 0.6 is 0 Å². The van der Waals surface area contributed by atoms with E-state index in [0.29, 0.717) is 29.3 Å². The van der Waals surface area contributed by atoms with Crippen LogP contribution in [0.5, 0.6) is 0 Å². The number of aromatic nitrogens is 2. The second kappa shape index (κ2) is 5.15. The van der Waals surface area contributed by atoms with Crippen LogP contribution < -0.4 is 0 Å². The van der Waals surface area contributed by atoms with E-state index in [4.69, 9.17) is 4.52 Å². The van der Waals surface area contributed by atoms with E-state index in [1.807, 2.05) is 0 Å². The maximum atomic E-state index is 13.5. The van der Waals surface area contributed by atoms with Crippen molar-refractivity contribution in [2.45, 2.75) is 38.5 Å². The van der Waals surface area contributed by atoms with Crippen molar-refractivity contribution in [1.29, 1.82) is 0 Å². The molecule has 0 radical (unpaired) electrons. The molecule has 20 heavy (non-hydrogen) atoms. The van der Waals surface area contributed by atoms with Crippen LogP contribution in [-0.2, 0) is 4.79 Å². The maximum Gasteiger partial charge on any atom is 0.237 e. The van der Waals surface area contributed by atoms with Crippen LogP contribution in [0.4, 0.5) is 4.39 Å². The summed E-state index contributed by atoms with van der Waals surface area (Å²) in [6, 6.07) is 4.80. The zero-order chi connectivity index (χ0) is 14.1. The van der Waals surface area contributed by atoms with E-state index in [-0.39, 0.29) is 17.5 Å². The fraction of sp³-hybridized carbons (Fsp3) is 0.400. The highest BCUT2D eigenvalue weighted by atomic mass is 19.1. The van der Waals surface area contributed by atoms with Crippen molar-refractivity contribution in [2.24, 2.45) is 0 Å². The van der Waals surface area contributed by atoms with Crippen LogP contribution in [0.15, 0.2) is 22.7 Å². The van der Waals surface area contributed by atoms with Gasteiger partial charge in [0, 0.05) is 12.0 Å². The van der Waals surface area contributed by atoms with E-state index in [0.717, 1.165) is 19.3 Å². The monoisotopic (exact) mass is 274 g/mol. The predicted molar refractivity (Wildman–Crippen MR) is 70.6 cm³/mol. The van der Waals surface area contributed by atoms with E-state index in [9.17, 15) is 9.18 Å². The molecule has 0 N–H and O–H groups in total. The van der Waals surface area contributed by atoms with Gasteiger partial charge in [-0.15, -0.1) is 0 Å². The summed E-state index contributed by atoms with van der Waals surface area (Å²) in [5.41, 5.74) is 1.13. The van der Waals surface area contributed by atoms with Gasteiger partial charge in [0.1, 0.15) is 11.6 Å². The van der Waals surface area contributed by atoms with Crippen LogP contribution in [0.25, 0.3) is 11.4 Å². The molecule has 0 aliphatic heterocycles. The first-order valence-electron chi connectivity index (χ1n) is 6.78. The molecule has 0 saturated heterocycles. The second-order valence-corrected chi connectivity index (χ2v) is 5.18. The predicted octanol–water partition coefficient (Wildman–Crippen LogP) is 3.41. The van der Waals surface area contributed by atoms with Crippen LogP contribution in [0.2, 0.25) is 0 Å². The molecule has 2 aromatic rings. The number of aryl methyl sites for hydroxylation is 1. The van der Waals surface area contributed by atoms with E-state index in [1.165, 1.54) is 6.07 Å². The largest absolute Gasteiger partial charge is 0.338 e. The molecule has 1 aliphatic rings. The normalized spacial score (nSPS) is 19.3. The Balaban J connectivity index is 1.89. The molecule has 1 atom stereocenters. The molecule has 1 heterocycles. The van der Waals surface area contributed by atoms with Gasteiger partial charge in [0.25, 0.3) is 0 Å². The minimum absolute atomic E-state index is 0.154. The van der Waals surface area contributed by atoms with Gasteiger partial charge in [0.05, 0.1) is 5.92 Å². The Labute approximate surface area is 116 Å². The first-order valence-corrected chi connectivity index (χ1v) is 6.78. The lowest BCUT2D eigenvalue weighted by molar-refractivity contribution is -0.122. The van der Waals surface area contributed by atoms with Crippen LogP contribution in [-0.4, -0.2) is 15.9 Å². The Morgan fingerprint density at radius 1 is 1.35 bits per heavy atom. The number of hydrogen-bond donors (Lipinski definition) is 0. The Kier molecular flexibility index (Phi) is 3.34. The summed E-state index contributed by atoms with van der Waals surface area (Å²) < 4.78 is 18.7. The van der Waals surface area contributed by atoms with E-state index < -0.39 is 0 Å². The molecule has 0 amide bonds. The molecule has 1 unspecified atom stereocenters. The van der Waals surface area contributed by atoms with Crippen LogP contribution in [0.3, 0.4) is 0 Å². The molecule has 0 spiro atoms. The minimum atomic E-state index is -0.303. The number of Topliss-reactive ketones (excluding diaryl/α,β-unsaturated/α-hetero) is 1. The second-order valence-electron chi connectivity index (χ2n) is 5.18. The van der Waals surface area contributed by atoms with Gasteiger partial charge in [-0.2, -0.15) is 4.98 Å². The summed E-state index contributed by atoms with van der Waals surface area (Å²) in [6.07, 6.45) is 3.25. The van der Waals surface area contributed by atoms with Crippen molar-refractivity contribution in [3.05, 3.63) is 35.5 Å². The molecule has 1 aromatic carbocycles. The van der Waals surface area contributed by atoms with E-state index in [1.54, 1.807) is 19.1 Å². The van der Waals surface area contributed by atoms with Crippen molar-refractivity contribution in [2.75, 3.05) is 0 Å². The van der Waals surface area contributed by atoms with E-state index >= 15 is 0 Å². The standard InChI is InChI=1S/C15H15FN2O2/c1-9-6-7-10(8-12(9)16)14-17-15(20-18-14)11-4-2-3-5-13(11)19/h6-8,11H,2-5H2,1H3. The fourth-order valence-electron chi connectivity index (χ4n) is 2.47. The highest BCUT2D eigenvalue weighted by Gasteiger charge is 2.29. The van der Waals surface area contributed by atoms with Gasteiger partial charge in [0.2, 0.25) is 11.7 Å². The van der Waals surface area contributed by atoms with Crippen LogP contribution in [0.1, 0.15) is 43.1 Å². The lowest BCUT2D eigenvalue weighted by Gasteiger charge is -2.16.